The summed E-state index contributed by atoms with van der Waals surface area (Å²) in [7, 11) is -0.304. The summed E-state index contributed by atoms with van der Waals surface area (Å²) in [5, 5.41) is 0.222. The third-order valence-electron chi connectivity index (χ3n) is 1.27. The van der Waals surface area contributed by atoms with Gasteiger partial charge in [0.2, 0.25) is 8.32 Å². The summed E-state index contributed by atoms with van der Waals surface area (Å²) in [4.78, 5) is 0. The molecule has 66 valence electrons. The van der Waals surface area contributed by atoms with E-state index in [4.69, 9.17) is 4.43 Å². The molecule has 0 rings (SSSR count). The fourth-order valence-electron chi connectivity index (χ4n) is 0.523. The zero-order valence-corrected chi connectivity index (χ0v) is 11.6. The second-order valence-electron chi connectivity index (χ2n) is 4.89. The Morgan fingerprint density at radius 2 is 1.73 bits per heavy atom. The summed E-state index contributed by atoms with van der Waals surface area (Å²) in [5.41, 5.74) is 0. The highest BCUT2D eigenvalue weighted by Crippen LogP contribution is 2.31. The zero-order chi connectivity index (χ0) is 9.28. The highest BCUT2D eigenvalue weighted by Gasteiger charge is 2.23. The van der Waals surface area contributed by atoms with Crippen LogP contribution in [0.5, 0.6) is 0 Å². The molecule has 3 heteroatoms. The van der Waals surface area contributed by atoms with Crippen molar-refractivity contribution in [3.63, 3.8) is 0 Å². The van der Waals surface area contributed by atoms with Crippen LogP contribution in [0.1, 0.15) is 13.8 Å². The molecule has 0 aromatic carbocycles. The Labute approximate surface area is 74.4 Å². The van der Waals surface area contributed by atoms with Gasteiger partial charge in [0.25, 0.3) is 0 Å². The molecular weight excluding hydrogens is 168 g/mol. The van der Waals surface area contributed by atoms with E-state index in [9.17, 15) is 0 Å². The molecule has 0 saturated carbocycles. The molecule has 0 unspecified atom stereocenters. The number of allylic oxidation sites excluding steroid dienone is 1. The van der Waals surface area contributed by atoms with Crippen LogP contribution in [-0.2, 0) is 4.43 Å². The van der Waals surface area contributed by atoms with Crippen LogP contribution in [0.15, 0.2) is 12.3 Å². The molecule has 0 aliphatic carbocycles. The summed E-state index contributed by atoms with van der Waals surface area (Å²) in [5.74, 6) is 0.975. The Bertz CT molecular complexity index is 150. The van der Waals surface area contributed by atoms with Crippen molar-refractivity contribution in [2.24, 2.45) is 0 Å². The van der Waals surface area contributed by atoms with Gasteiger partial charge in [0, 0.05) is 15.3 Å². The Hall–Kier alpha value is -0.0262. The second-order valence-corrected chi connectivity index (χ2v) is 11.8. The highest BCUT2D eigenvalue weighted by atomic mass is 28.4. The molecule has 0 N–H and O–H groups in total. The molecule has 0 aliphatic rings. The van der Waals surface area contributed by atoms with Crippen LogP contribution < -0.4 is 0 Å². The standard InChI is InChI=1S/C8H20OSi2/c1-7(8(2,3)10)9-11(4,5)6/h1H2,2-6,10H3. The van der Waals surface area contributed by atoms with Crippen LogP contribution in [0, 0.1) is 0 Å². The summed E-state index contributed by atoms with van der Waals surface area (Å²) < 4.78 is 5.78. The van der Waals surface area contributed by atoms with E-state index in [1.165, 1.54) is 0 Å². The van der Waals surface area contributed by atoms with Gasteiger partial charge in [-0.3, -0.25) is 0 Å². The topological polar surface area (TPSA) is 9.23 Å². The normalized spacial score (nSPS) is 13.2. The third-order valence-corrected chi connectivity index (χ3v) is 2.68. The zero-order valence-electron chi connectivity index (χ0n) is 8.62. The van der Waals surface area contributed by atoms with Crippen molar-refractivity contribution in [2.45, 2.75) is 38.5 Å². The van der Waals surface area contributed by atoms with Crippen molar-refractivity contribution in [3.8, 4) is 0 Å². The lowest BCUT2D eigenvalue weighted by molar-refractivity contribution is 0.374. The fourth-order valence-corrected chi connectivity index (χ4v) is 1.87. The minimum Gasteiger partial charge on any atom is -0.548 e. The van der Waals surface area contributed by atoms with Crippen molar-refractivity contribution in [2.75, 3.05) is 0 Å². The van der Waals surface area contributed by atoms with Gasteiger partial charge in [0.1, 0.15) is 0 Å². The lowest BCUT2D eigenvalue weighted by Gasteiger charge is -2.29. The first-order valence-corrected chi connectivity index (χ1v) is 8.42. The minimum atomic E-state index is -1.41. The largest absolute Gasteiger partial charge is 0.548 e. The van der Waals surface area contributed by atoms with Crippen molar-refractivity contribution in [1.82, 2.24) is 0 Å². The molecule has 0 radical (unpaired) electrons. The van der Waals surface area contributed by atoms with Gasteiger partial charge in [0.05, 0.1) is 5.76 Å². The second kappa shape index (κ2) is 3.15. The Morgan fingerprint density at radius 1 is 1.36 bits per heavy atom. The van der Waals surface area contributed by atoms with E-state index in [2.05, 4.69) is 40.1 Å². The smallest absolute Gasteiger partial charge is 0.241 e. The van der Waals surface area contributed by atoms with Crippen LogP contribution in [0.25, 0.3) is 0 Å². The molecule has 0 aliphatic heterocycles. The van der Waals surface area contributed by atoms with Crippen LogP contribution in [0.3, 0.4) is 0 Å². The quantitative estimate of drug-likeness (QED) is 0.486. The number of hydrogen-bond acceptors (Lipinski definition) is 1. The first-order chi connectivity index (χ1) is 4.63. The maximum Gasteiger partial charge on any atom is 0.241 e. The van der Waals surface area contributed by atoms with Crippen molar-refractivity contribution < 1.29 is 4.43 Å². The van der Waals surface area contributed by atoms with Gasteiger partial charge in [-0.05, 0) is 19.6 Å². The molecule has 1 nitrogen and oxygen atoms in total. The fraction of sp³-hybridized carbons (Fsp3) is 0.750. The van der Waals surface area contributed by atoms with Gasteiger partial charge in [0.15, 0.2) is 0 Å². The average Bonchev–Trinajstić information content (AvgIpc) is 1.56. The molecule has 0 aromatic heterocycles. The van der Waals surface area contributed by atoms with Crippen LogP contribution in [0.4, 0.5) is 0 Å². The molecule has 0 saturated heterocycles. The van der Waals surface area contributed by atoms with Crippen molar-refractivity contribution in [3.05, 3.63) is 12.3 Å². The number of rotatable bonds is 3. The van der Waals surface area contributed by atoms with Gasteiger partial charge >= 0.3 is 0 Å². The molecule has 0 bridgehead atoms. The first kappa shape index (κ1) is 11.0. The predicted molar refractivity (Wildman–Crippen MR) is 57.6 cm³/mol. The van der Waals surface area contributed by atoms with Crippen molar-refractivity contribution >= 4 is 18.6 Å². The predicted octanol–water partition coefficient (Wildman–Crippen LogP) is 1.92. The summed E-state index contributed by atoms with van der Waals surface area (Å²) in [6.45, 7) is 14.9. The van der Waals surface area contributed by atoms with Crippen LogP contribution in [-0.4, -0.2) is 18.6 Å². The Kier molecular flexibility index (Phi) is 3.14. The first-order valence-electron chi connectivity index (χ1n) is 4.01. The van der Waals surface area contributed by atoms with E-state index < -0.39 is 8.32 Å². The molecule has 0 spiro atoms. The van der Waals surface area contributed by atoms with E-state index in [1.54, 1.807) is 0 Å². The molecule has 0 atom stereocenters. The third kappa shape index (κ3) is 5.27. The van der Waals surface area contributed by atoms with E-state index in [0.29, 0.717) is 0 Å². The molecule has 0 amide bonds. The summed E-state index contributed by atoms with van der Waals surface area (Å²) >= 11 is 0. The lowest BCUT2D eigenvalue weighted by Crippen LogP contribution is -2.27. The van der Waals surface area contributed by atoms with E-state index >= 15 is 0 Å². The number of hydrogen-bond donors (Lipinski definition) is 0. The van der Waals surface area contributed by atoms with E-state index in [-0.39, 0.29) is 5.04 Å². The van der Waals surface area contributed by atoms with Gasteiger partial charge < -0.3 is 4.43 Å². The molecule has 11 heavy (non-hydrogen) atoms. The Balaban J connectivity index is 4.11. The van der Waals surface area contributed by atoms with E-state index in [1.807, 2.05) is 0 Å². The molecule has 0 heterocycles. The average molecular weight is 188 g/mol. The molecular formula is C8H20OSi2. The molecule has 0 fully saturated rings. The van der Waals surface area contributed by atoms with Crippen molar-refractivity contribution in [1.29, 1.82) is 0 Å². The minimum absolute atomic E-state index is 0.222. The van der Waals surface area contributed by atoms with Gasteiger partial charge in [-0.2, -0.15) is 0 Å². The SMILES string of the molecule is C=C(O[Si](C)(C)C)C(C)(C)[SiH3]. The van der Waals surface area contributed by atoms with Gasteiger partial charge in [-0.15, -0.1) is 0 Å². The van der Waals surface area contributed by atoms with Crippen LogP contribution in [0.2, 0.25) is 24.7 Å². The summed E-state index contributed by atoms with van der Waals surface area (Å²) in [6, 6.07) is 0. The van der Waals surface area contributed by atoms with E-state index in [0.717, 1.165) is 16.0 Å². The van der Waals surface area contributed by atoms with Gasteiger partial charge in [-0.1, -0.05) is 20.4 Å². The monoisotopic (exact) mass is 188 g/mol. The van der Waals surface area contributed by atoms with Gasteiger partial charge in [-0.25, -0.2) is 0 Å². The summed E-state index contributed by atoms with van der Waals surface area (Å²) in [6.07, 6.45) is 0. The molecule has 0 aromatic rings. The maximum absolute atomic E-state index is 5.78. The maximum atomic E-state index is 5.78. The van der Waals surface area contributed by atoms with Crippen LogP contribution >= 0.6 is 0 Å². The lowest BCUT2D eigenvalue weighted by atomic mass is 10.2. The Morgan fingerprint density at radius 3 is 1.82 bits per heavy atom. The highest BCUT2D eigenvalue weighted by molar-refractivity contribution is 6.70.